The maximum absolute atomic E-state index is 7.37. The lowest BCUT2D eigenvalue weighted by Crippen LogP contribution is -2.10. The molecule has 0 bridgehead atoms. The van der Waals surface area contributed by atoms with Gasteiger partial charge in [0, 0.05) is 21.2 Å². The predicted octanol–water partition coefficient (Wildman–Crippen LogP) is 3.86. The van der Waals surface area contributed by atoms with E-state index in [4.69, 9.17) is 39.1 Å². The van der Waals surface area contributed by atoms with Crippen molar-refractivity contribution in [1.29, 1.82) is 5.41 Å². The number of hydrogen-bond acceptors (Lipinski definition) is 2. The van der Waals surface area contributed by atoms with Crippen LogP contribution in [0.5, 0.6) is 5.75 Å². The van der Waals surface area contributed by atoms with E-state index < -0.39 is 0 Å². The van der Waals surface area contributed by atoms with Crippen LogP contribution in [-0.2, 0) is 6.61 Å². The van der Waals surface area contributed by atoms with Crippen LogP contribution in [-0.4, -0.2) is 5.84 Å². The van der Waals surface area contributed by atoms with Crippen molar-refractivity contribution in [2.45, 2.75) is 6.61 Å². The summed E-state index contributed by atoms with van der Waals surface area (Å²) in [4.78, 5) is 0. The molecule has 0 aromatic heterocycles. The summed E-state index contributed by atoms with van der Waals surface area (Å²) in [5, 5.41) is 8.53. The minimum Gasteiger partial charge on any atom is -0.489 e. The van der Waals surface area contributed by atoms with Gasteiger partial charge in [-0.05, 0) is 24.3 Å². The van der Waals surface area contributed by atoms with Crippen LogP contribution in [0.4, 0.5) is 0 Å². The third-order valence-corrected chi connectivity index (χ3v) is 3.14. The lowest BCUT2D eigenvalue weighted by atomic mass is 10.2. The Balaban J connectivity index is 2.10. The summed E-state index contributed by atoms with van der Waals surface area (Å²) >= 11 is 11.9. The molecular formula is C14H12Cl2N2O. The van der Waals surface area contributed by atoms with Crippen LogP contribution in [0.3, 0.4) is 0 Å². The lowest BCUT2D eigenvalue weighted by Gasteiger charge is -2.09. The van der Waals surface area contributed by atoms with E-state index in [0.717, 1.165) is 5.56 Å². The molecule has 5 heteroatoms. The van der Waals surface area contributed by atoms with Crippen molar-refractivity contribution in [1.82, 2.24) is 0 Å². The molecule has 2 aromatic rings. The van der Waals surface area contributed by atoms with Gasteiger partial charge in [0.25, 0.3) is 0 Å². The average molecular weight is 295 g/mol. The Morgan fingerprint density at radius 1 is 1.16 bits per heavy atom. The van der Waals surface area contributed by atoms with Gasteiger partial charge in [-0.25, -0.2) is 0 Å². The number of rotatable bonds is 4. The third kappa shape index (κ3) is 3.63. The van der Waals surface area contributed by atoms with E-state index in [0.29, 0.717) is 28.0 Å². The van der Waals surface area contributed by atoms with Crippen LogP contribution in [0.1, 0.15) is 11.1 Å². The van der Waals surface area contributed by atoms with Gasteiger partial charge < -0.3 is 10.5 Å². The number of amidine groups is 1. The van der Waals surface area contributed by atoms with Gasteiger partial charge in [0.1, 0.15) is 18.2 Å². The van der Waals surface area contributed by atoms with Crippen molar-refractivity contribution in [2.24, 2.45) is 5.73 Å². The molecule has 19 heavy (non-hydrogen) atoms. The first-order valence-corrected chi connectivity index (χ1v) is 6.33. The summed E-state index contributed by atoms with van der Waals surface area (Å²) in [6.07, 6.45) is 0. The fraction of sp³-hybridized carbons (Fsp3) is 0.0714. The van der Waals surface area contributed by atoms with Crippen LogP contribution in [0, 0.1) is 5.41 Å². The Morgan fingerprint density at radius 2 is 1.95 bits per heavy atom. The summed E-state index contributed by atoms with van der Waals surface area (Å²) in [7, 11) is 0. The summed E-state index contributed by atoms with van der Waals surface area (Å²) < 4.78 is 5.62. The van der Waals surface area contributed by atoms with Crippen LogP contribution in [0.25, 0.3) is 0 Å². The van der Waals surface area contributed by atoms with Gasteiger partial charge in [0.15, 0.2) is 0 Å². The van der Waals surface area contributed by atoms with Gasteiger partial charge in [-0.15, -0.1) is 0 Å². The second-order valence-corrected chi connectivity index (χ2v) is 4.81. The highest BCUT2D eigenvalue weighted by atomic mass is 35.5. The molecule has 3 nitrogen and oxygen atoms in total. The molecule has 3 N–H and O–H groups in total. The summed E-state index contributed by atoms with van der Waals surface area (Å²) in [5.74, 6) is 0.647. The Hall–Kier alpha value is -1.71. The van der Waals surface area contributed by atoms with Gasteiger partial charge in [-0.3, -0.25) is 5.41 Å². The number of nitrogens with one attached hydrogen (secondary N) is 1. The van der Waals surface area contributed by atoms with Gasteiger partial charge in [0.2, 0.25) is 0 Å². The fourth-order valence-corrected chi connectivity index (χ4v) is 2.02. The minimum absolute atomic E-state index is 0.00924. The summed E-state index contributed by atoms with van der Waals surface area (Å²) in [5.41, 5.74) is 6.89. The van der Waals surface area contributed by atoms with Crippen LogP contribution >= 0.6 is 23.2 Å². The molecule has 0 saturated heterocycles. The normalized spacial score (nSPS) is 10.2. The Bertz CT molecular complexity index is 614. The van der Waals surface area contributed by atoms with Crippen molar-refractivity contribution in [3.63, 3.8) is 0 Å². The quantitative estimate of drug-likeness (QED) is 0.664. The average Bonchev–Trinajstić information content (AvgIpc) is 2.38. The van der Waals surface area contributed by atoms with Gasteiger partial charge in [0.05, 0.1) is 0 Å². The fourth-order valence-electron chi connectivity index (χ4n) is 1.55. The van der Waals surface area contributed by atoms with Crippen LogP contribution in [0.2, 0.25) is 10.0 Å². The van der Waals surface area contributed by atoms with Crippen molar-refractivity contribution in [2.75, 3.05) is 0 Å². The van der Waals surface area contributed by atoms with E-state index in [2.05, 4.69) is 0 Å². The smallest absolute Gasteiger partial charge is 0.122 e. The zero-order valence-corrected chi connectivity index (χ0v) is 11.5. The number of hydrogen-bond donors (Lipinski definition) is 2. The minimum atomic E-state index is 0.00924. The monoisotopic (exact) mass is 294 g/mol. The summed E-state index contributed by atoms with van der Waals surface area (Å²) in [6.45, 7) is 0.331. The molecule has 0 aliphatic carbocycles. The standard InChI is InChI=1S/C14H12Cl2N2O/c15-11-5-4-10(13(16)7-11)8-19-12-3-1-2-9(6-12)14(17)18/h1-7H,8H2,(H3,17,18). The predicted molar refractivity (Wildman–Crippen MR) is 78.3 cm³/mol. The van der Waals surface area contributed by atoms with Gasteiger partial charge in [-0.2, -0.15) is 0 Å². The highest BCUT2D eigenvalue weighted by Crippen LogP contribution is 2.23. The molecule has 0 fully saturated rings. The number of ether oxygens (including phenoxy) is 1. The third-order valence-electron chi connectivity index (χ3n) is 2.55. The molecule has 2 rings (SSSR count). The topological polar surface area (TPSA) is 59.1 Å². The number of halogens is 2. The molecule has 0 unspecified atom stereocenters. The van der Waals surface area contributed by atoms with Crippen molar-refractivity contribution in [3.05, 3.63) is 63.6 Å². The van der Waals surface area contributed by atoms with Crippen LogP contribution < -0.4 is 10.5 Å². The molecule has 0 aliphatic rings. The van der Waals surface area contributed by atoms with Crippen molar-refractivity contribution >= 4 is 29.0 Å². The molecule has 0 amide bonds. The lowest BCUT2D eigenvalue weighted by molar-refractivity contribution is 0.306. The molecular weight excluding hydrogens is 283 g/mol. The largest absolute Gasteiger partial charge is 0.489 e. The highest BCUT2D eigenvalue weighted by molar-refractivity contribution is 6.35. The Morgan fingerprint density at radius 3 is 2.63 bits per heavy atom. The molecule has 0 spiro atoms. The molecule has 0 radical (unpaired) electrons. The molecule has 98 valence electrons. The van der Waals surface area contributed by atoms with E-state index in [1.807, 2.05) is 6.07 Å². The van der Waals surface area contributed by atoms with Crippen molar-refractivity contribution < 1.29 is 4.74 Å². The molecule has 0 aliphatic heterocycles. The van der Waals surface area contributed by atoms with Crippen LogP contribution in [0.15, 0.2) is 42.5 Å². The zero-order chi connectivity index (χ0) is 13.8. The van der Waals surface area contributed by atoms with Crippen molar-refractivity contribution in [3.8, 4) is 5.75 Å². The Labute approximate surface area is 121 Å². The zero-order valence-electron chi connectivity index (χ0n) is 9.99. The molecule has 0 saturated carbocycles. The van der Waals surface area contributed by atoms with Gasteiger partial charge in [-0.1, -0.05) is 41.4 Å². The molecule has 0 heterocycles. The second kappa shape index (κ2) is 5.95. The van der Waals surface area contributed by atoms with E-state index in [1.165, 1.54) is 0 Å². The van der Waals surface area contributed by atoms with E-state index in [1.54, 1.807) is 36.4 Å². The number of nitrogen functional groups attached to an aromatic ring is 1. The van der Waals surface area contributed by atoms with E-state index in [9.17, 15) is 0 Å². The first kappa shape index (κ1) is 13.7. The van der Waals surface area contributed by atoms with E-state index in [-0.39, 0.29) is 5.84 Å². The first-order valence-electron chi connectivity index (χ1n) is 5.57. The van der Waals surface area contributed by atoms with Gasteiger partial charge >= 0.3 is 0 Å². The SMILES string of the molecule is N=C(N)c1cccc(OCc2ccc(Cl)cc2Cl)c1. The molecule has 0 atom stereocenters. The van der Waals surface area contributed by atoms with E-state index >= 15 is 0 Å². The second-order valence-electron chi connectivity index (χ2n) is 3.97. The maximum atomic E-state index is 7.37. The number of nitrogens with two attached hydrogens (primary N) is 1. The molecule has 2 aromatic carbocycles. The maximum Gasteiger partial charge on any atom is 0.122 e. The highest BCUT2D eigenvalue weighted by Gasteiger charge is 2.04. The number of benzene rings is 2. The first-order chi connectivity index (χ1) is 9.06. The summed E-state index contributed by atoms with van der Waals surface area (Å²) in [6, 6.07) is 12.3. The Kier molecular flexibility index (Phi) is 4.30.